The fourth-order valence-electron chi connectivity index (χ4n) is 2.85. The third-order valence-electron chi connectivity index (χ3n) is 4.38. The molecular weight excluding hydrogens is 352 g/mol. The quantitative estimate of drug-likeness (QED) is 0.668. The molecule has 0 saturated heterocycles. The number of hydrogen-bond donors (Lipinski definition) is 1. The number of imidazole rings is 1. The highest BCUT2D eigenvalue weighted by atomic mass is 16.3. The minimum Gasteiger partial charge on any atom is -0.324 e. The number of aryl methyl sites for hydroxylation is 2. The van der Waals surface area contributed by atoms with Gasteiger partial charge in [0.2, 0.25) is 5.91 Å². The van der Waals surface area contributed by atoms with Crippen LogP contribution >= 0.6 is 0 Å². The number of nitroso groups, excluding NO2 is 1. The zero-order chi connectivity index (χ0) is 19.9. The molecule has 0 spiro atoms. The van der Waals surface area contributed by atoms with Gasteiger partial charge < -0.3 is 9.88 Å². The Bertz CT molecular complexity index is 1200. The van der Waals surface area contributed by atoms with Crippen molar-refractivity contribution in [3.8, 4) is 0 Å². The molecule has 10 heteroatoms. The zero-order valence-electron chi connectivity index (χ0n) is 15.4. The smallest absolute Gasteiger partial charge is 0.324 e. The maximum absolute atomic E-state index is 12.4. The lowest BCUT2D eigenvalue weighted by Gasteiger charge is -2.09. The van der Waals surface area contributed by atoms with Gasteiger partial charge in [-0.15, -0.1) is 0 Å². The molecule has 2 aromatic heterocycles. The van der Waals surface area contributed by atoms with E-state index in [9.17, 15) is 19.3 Å². The maximum Gasteiger partial charge on any atom is 0.332 e. The van der Waals surface area contributed by atoms with E-state index < -0.39 is 11.2 Å². The van der Waals surface area contributed by atoms with Gasteiger partial charge in [0.15, 0.2) is 18.2 Å². The van der Waals surface area contributed by atoms with Gasteiger partial charge in [0.1, 0.15) is 6.54 Å². The van der Waals surface area contributed by atoms with Crippen LogP contribution in [0, 0.1) is 11.8 Å². The number of rotatable bonds is 4. The van der Waals surface area contributed by atoms with Crippen LogP contribution in [0.1, 0.15) is 5.56 Å². The summed E-state index contributed by atoms with van der Waals surface area (Å²) < 4.78 is 4.37. The molecule has 10 nitrogen and oxygen atoms in total. The molecule has 0 atom stereocenters. The maximum atomic E-state index is 12.4. The van der Waals surface area contributed by atoms with Crippen molar-refractivity contribution in [1.29, 1.82) is 0 Å². The molecular formula is C17H19N6O4+. The highest BCUT2D eigenvalue weighted by molar-refractivity contribution is 5.92. The first-order valence-corrected chi connectivity index (χ1v) is 8.13. The summed E-state index contributed by atoms with van der Waals surface area (Å²) in [7, 11) is 4.28. The van der Waals surface area contributed by atoms with Crippen LogP contribution in [0.4, 0.5) is 11.4 Å². The summed E-state index contributed by atoms with van der Waals surface area (Å²) in [5.74, 6) is -0.364. The predicted octanol–water partition coefficient (Wildman–Crippen LogP) is 0.421. The molecule has 0 bridgehead atoms. The Hall–Kier alpha value is -3.56. The lowest BCUT2D eigenvalue weighted by molar-refractivity contribution is -0.428. The van der Waals surface area contributed by atoms with Gasteiger partial charge in [0.25, 0.3) is 11.2 Å². The van der Waals surface area contributed by atoms with Gasteiger partial charge in [-0.1, -0.05) is 0 Å². The summed E-state index contributed by atoms with van der Waals surface area (Å²) in [5, 5.41) is 2.75. The number of aromatic nitrogens is 4. The van der Waals surface area contributed by atoms with Crippen LogP contribution in [0.15, 0.2) is 34.1 Å². The van der Waals surface area contributed by atoms with E-state index in [-0.39, 0.29) is 23.6 Å². The Morgan fingerprint density at radius 1 is 1.22 bits per heavy atom. The molecule has 1 amide bonds. The number of carbonyl (C=O) groups is 1. The van der Waals surface area contributed by atoms with Gasteiger partial charge in [-0.2, -0.15) is 0 Å². The van der Waals surface area contributed by atoms with Gasteiger partial charge in [-0.05, 0) is 18.6 Å². The highest BCUT2D eigenvalue weighted by Crippen LogP contribution is 2.21. The van der Waals surface area contributed by atoms with Crippen LogP contribution in [0.25, 0.3) is 11.2 Å². The molecule has 0 fully saturated rings. The molecule has 0 unspecified atom stereocenters. The molecule has 0 aliphatic heterocycles. The molecule has 1 aromatic carbocycles. The van der Waals surface area contributed by atoms with Gasteiger partial charge in [-0.3, -0.25) is 18.7 Å². The van der Waals surface area contributed by atoms with E-state index in [1.165, 1.54) is 36.6 Å². The van der Waals surface area contributed by atoms with E-state index in [4.69, 9.17) is 0 Å². The third kappa shape index (κ3) is 3.16. The van der Waals surface area contributed by atoms with Crippen molar-refractivity contribution in [3.63, 3.8) is 0 Å². The molecule has 0 saturated carbocycles. The van der Waals surface area contributed by atoms with E-state index in [2.05, 4.69) is 10.3 Å². The third-order valence-corrected chi connectivity index (χ3v) is 4.38. The van der Waals surface area contributed by atoms with Crippen LogP contribution < -0.4 is 16.6 Å². The van der Waals surface area contributed by atoms with Crippen LogP contribution in [0.3, 0.4) is 0 Å². The van der Waals surface area contributed by atoms with Gasteiger partial charge in [-0.25, -0.2) is 9.78 Å². The summed E-state index contributed by atoms with van der Waals surface area (Å²) in [6.45, 7) is 1.63. The zero-order valence-corrected chi connectivity index (χ0v) is 15.4. The first-order valence-electron chi connectivity index (χ1n) is 8.13. The van der Waals surface area contributed by atoms with Gasteiger partial charge in [0.05, 0.1) is 6.33 Å². The molecule has 2 heterocycles. The summed E-state index contributed by atoms with van der Waals surface area (Å²) in [6.07, 6.45) is 1.35. The molecule has 0 aliphatic carbocycles. The van der Waals surface area contributed by atoms with Crippen LogP contribution in [0.2, 0.25) is 0 Å². The summed E-state index contributed by atoms with van der Waals surface area (Å²) in [6, 6.07) is 4.92. The normalized spacial score (nSPS) is 11.0. The number of nitrogens with one attached hydrogen (secondary N) is 1. The van der Waals surface area contributed by atoms with E-state index in [0.29, 0.717) is 11.4 Å². The first-order chi connectivity index (χ1) is 12.7. The largest absolute Gasteiger partial charge is 0.332 e. The average Bonchev–Trinajstić information content (AvgIpc) is 3.03. The fourth-order valence-corrected chi connectivity index (χ4v) is 2.85. The summed E-state index contributed by atoms with van der Waals surface area (Å²) in [4.78, 5) is 52.2. The Morgan fingerprint density at radius 3 is 2.56 bits per heavy atom. The number of benzene rings is 1. The second-order valence-corrected chi connectivity index (χ2v) is 6.30. The van der Waals surface area contributed by atoms with E-state index in [1.54, 1.807) is 25.1 Å². The number of fused-ring (bicyclic) bond motifs is 1. The van der Waals surface area contributed by atoms with Crippen LogP contribution in [-0.2, 0) is 25.4 Å². The molecule has 3 aromatic rings. The molecule has 3 rings (SSSR count). The number of anilines is 1. The van der Waals surface area contributed by atoms with Crippen molar-refractivity contribution in [2.75, 3.05) is 12.4 Å². The van der Waals surface area contributed by atoms with E-state index >= 15 is 0 Å². The summed E-state index contributed by atoms with van der Waals surface area (Å²) in [5.41, 5.74) is 1.17. The Labute approximate surface area is 153 Å². The highest BCUT2D eigenvalue weighted by Gasteiger charge is 2.17. The van der Waals surface area contributed by atoms with Crippen LogP contribution in [0.5, 0.6) is 0 Å². The standard InChI is InChI=1S/C17H18N6O4/c1-10-7-11(22(4)27)5-6-12(10)19-13(24)8-23-9-18-15-14(23)16(25)21(3)17(26)20(15)2/h5-7,9H,8H2,1-4H3/p+1. The van der Waals surface area contributed by atoms with Crippen molar-refractivity contribution in [1.82, 2.24) is 18.7 Å². The monoisotopic (exact) mass is 371 g/mol. The van der Waals surface area contributed by atoms with Crippen molar-refractivity contribution in [3.05, 3.63) is 55.8 Å². The number of hydrogen-bond acceptors (Lipinski definition) is 5. The van der Waals surface area contributed by atoms with Crippen molar-refractivity contribution >= 4 is 28.4 Å². The molecule has 0 aliphatic rings. The fraction of sp³-hybridized carbons (Fsp3) is 0.294. The summed E-state index contributed by atoms with van der Waals surface area (Å²) >= 11 is 0. The minimum atomic E-state index is -0.516. The van der Waals surface area contributed by atoms with Crippen molar-refractivity contribution in [2.24, 2.45) is 14.1 Å². The molecule has 27 heavy (non-hydrogen) atoms. The number of amides is 1. The van der Waals surface area contributed by atoms with Crippen molar-refractivity contribution < 1.29 is 9.55 Å². The lowest BCUT2D eigenvalue weighted by Crippen LogP contribution is -2.37. The topological polar surface area (TPSA) is 111 Å². The number of carbonyl (C=O) groups excluding carboxylic acids is 1. The lowest BCUT2D eigenvalue weighted by atomic mass is 10.1. The SMILES string of the molecule is Cc1cc([N+](C)=O)ccc1NC(=O)Cn1cnc2c1c(=O)n(C)c(=O)n2C. The average molecular weight is 371 g/mol. The van der Waals surface area contributed by atoms with E-state index in [1.807, 2.05) is 0 Å². The second kappa shape index (κ2) is 6.63. The molecule has 0 radical (unpaired) electrons. The van der Waals surface area contributed by atoms with Crippen LogP contribution in [-0.4, -0.2) is 36.4 Å². The van der Waals surface area contributed by atoms with Crippen molar-refractivity contribution in [2.45, 2.75) is 13.5 Å². The number of nitrogens with zero attached hydrogens (tertiary/aromatic N) is 5. The van der Waals surface area contributed by atoms with Gasteiger partial charge >= 0.3 is 5.69 Å². The van der Waals surface area contributed by atoms with E-state index in [0.717, 1.165) is 14.9 Å². The molecule has 1 N–H and O–H groups in total. The Balaban J connectivity index is 1.90. The minimum absolute atomic E-state index is 0.146. The first kappa shape index (κ1) is 18.2. The predicted molar refractivity (Wildman–Crippen MR) is 99.2 cm³/mol. The Kier molecular flexibility index (Phi) is 4.48. The second-order valence-electron chi connectivity index (χ2n) is 6.30. The van der Waals surface area contributed by atoms with Gasteiger partial charge in [0, 0.05) is 41.6 Å². The Morgan fingerprint density at radius 2 is 1.93 bits per heavy atom. The molecule has 140 valence electrons.